The average molecular weight is 539 g/mol. The third kappa shape index (κ3) is 6.76. The predicted molar refractivity (Wildman–Crippen MR) is 160 cm³/mol. The molecule has 0 saturated heterocycles. The molecule has 39 heavy (non-hydrogen) atoms. The Morgan fingerprint density at radius 2 is 1.77 bits per heavy atom. The fourth-order valence-electron chi connectivity index (χ4n) is 4.93. The van der Waals surface area contributed by atoms with Gasteiger partial charge in [-0.2, -0.15) is 0 Å². The lowest BCUT2D eigenvalue weighted by molar-refractivity contribution is 0.102. The van der Waals surface area contributed by atoms with Gasteiger partial charge in [-0.15, -0.1) is 11.3 Å². The van der Waals surface area contributed by atoms with E-state index in [1.165, 1.54) is 23.3 Å². The van der Waals surface area contributed by atoms with Crippen LogP contribution in [0.15, 0.2) is 77.8 Å². The first kappa shape index (κ1) is 26.7. The number of ether oxygens (including phenoxy) is 2. The van der Waals surface area contributed by atoms with Crippen LogP contribution in [-0.2, 0) is 19.4 Å². The summed E-state index contributed by atoms with van der Waals surface area (Å²) in [5.74, 6) is 1.23. The zero-order valence-electron chi connectivity index (χ0n) is 22.5. The molecule has 5 nitrogen and oxygen atoms in total. The molecule has 0 saturated carbocycles. The van der Waals surface area contributed by atoms with E-state index in [2.05, 4.69) is 30.4 Å². The minimum atomic E-state index is -0.0936. The molecule has 5 rings (SSSR count). The van der Waals surface area contributed by atoms with E-state index in [9.17, 15) is 4.79 Å². The van der Waals surface area contributed by atoms with Crippen molar-refractivity contribution in [1.29, 1.82) is 0 Å². The molecule has 6 heteroatoms. The Morgan fingerprint density at radius 3 is 2.56 bits per heavy atom. The number of aryl methyl sites for hydroxylation is 2. The molecule has 0 unspecified atom stereocenters. The van der Waals surface area contributed by atoms with Crippen molar-refractivity contribution in [3.63, 3.8) is 0 Å². The monoisotopic (exact) mass is 538 g/mol. The molecule has 0 fully saturated rings. The van der Waals surface area contributed by atoms with Crippen molar-refractivity contribution >= 4 is 34.1 Å². The molecule has 1 amide bonds. The van der Waals surface area contributed by atoms with Crippen LogP contribution in [0.25, 0.3) is 0 Å². The molecular weight excluding hydrogens is 504 g/mol. The highest BCUT2D eigenvalue weighted by molar-refractivity contribution is 7.16. The van der Waals surface area contributed by atoms with E-state index in [0.717, 1.165) is 53.1 Å². The summed E-state index contributed by atoms with van der Waals surface area (Å²) in [6, 6.07) is 23.7. The zero-order chi connectivity index (χ0) is 27.0. The lowest BCUT2D eigenvalue weighted by atomic mass is 9.96. The van der Waals surface area contributed by atoms with Gasteiger partial charge >= 0.3 is 0 Å². The Hall–Kier alpha value is -3.90. The van der Waals surface area contributed by atoms with E-state index in [0.29, 0.717) is 23.7 Å². The number of fused-ring (bicyclic) bond motifs is 1. The molecule has 200 valence electrons. The second kappa shape index (κ2) is 12.8. The number of amides is 1. The summed E-state index contributed by atoms with van der Waals surface area (Å²) in [5, 5.41) is 3.84. The minimum absolute atomic E-state index is 0.0936. The van der Waals surface area contributed by atoms with Crippen LogP contribution in [0.5, 0.6) is 11.5 Å². The predicted octanol–water partition coefficient (Wildman–Crippen LogP) is 8.31. The quantitative estimate of drug-likeness (QED) is 0.230. The Morgan fingerprint density at radius 1 is 0.949 bits per heavy atom. The molecule has 4 aromatic rings. The summed E-state index contributed by atoms with van der Waals surface area (Å²) in [7, 11) is 1.64. The largest absolute Gasteiger partial charge is 0.493 e. The van der Waals surface area contributed by atoms with E-state index in [4.69, 9.17) is 14.5 Å². The number of hydrogen-bond acceptors (Lipinski definition) is 5. The highest BCUT2D eigenvalue weighted by atomic mass is 32.1. The number of para-hydroxylation sites is 1. The van der Waals surface area contributed by atoms with Crippen LogP contribution in [-0.4, -0.2) is 19.2 Å². The van der Waals surface area contributed by atoms with Crippen LogP contribution in [0.2, 0.25) is 0 Å². The number of anilines is 1. The van der Waals surface area contributed by atoms with Gasteiger partial charge < -0.3 is 14.8 Å². The first-order valence-electron chi connectivity index (χ1n) is 13.5. The van der Waals surface area contributed by atoms with Gasteiger partial charge in [0.15, 0.2) is 11.5 Å². The molecule has 0 bridgehead atoms. The number of aliphatic imine (C=N–C) groups is 1. The number of benzene rings is 3. The maximum atomic E-state index is 13.5. The van der Waals surface area contributed by atoms with E-state index >= 15 is 0 Å². The highest BCUT2D eigenvalue weighted by Crippen LogP contribution is 2.39. The molecule has 1 aliphatic rings. The van der Waals surface area contributed by atoms with Crippen LogP contribution in [0, 0.1) is 6.92 Å². The molecular formula is C33H34N2O3S. The number of nitrogens with one attached hydrogen (secondary N) is 1. The van der Waals surface area contributed by atoms with Gasteiger partial charge in [0.05, 0.1) is 12.7 Å². The van der Waals surface area contributed by atoms with Gasteiger partial charge in [-0.1, -0.05) is 60.9 Å². The molecule has 1 aliphatic carbocycles. The van der Waals surface area contributed by atoms with E-state index in [1.807, 2.05) is 60.8 Å². The van der Waals surface area contributed by atoms with Crippen molar-refractivity contribution in [3.05, 3.63) is 105 Å². The molecule has 0 atom stereocenters. The smallest absolute Gasteiger partial charge is 0.259 e. The van der Waals surface area contributed by atoms with Gasteiger partial charge in [-0.25, -0.2) is 4.99 Å². The highest BCUT2D eigenvalue weighted by Gasteiger charge is 2.24. The van der Waals surface area contributed by atoms with E-state index in [-0.39, 0.29) is 5.91 Å². The summed E-state index contributed by atoms with van der Waals surface area (Å²) in [6.07, 6.45) is 8.41. The fraction of sp³-hybridized carbons (Fsp3) is 0.273. The third-order valence-electron chi connectivity index (χ3n) is 6.91. The number of hydrogen-bond donors (Lipinski definition) is 1. The Balaban J connectivity index is 1.40. The topological polar surface area (TPSA) is 59.9 Å². The van der Waals surface area contributed by atoms with Crippen LogP contribution in [0.4, 0.5) is 10.7 Å². The lowest BCUT2D eigenvalue weighted by Crippen LogP contribution is -2.14. The zero-order valence-corrected chi connectivity index (χ0v) is 23.4. The number of nitrogens with zero attached hydrogens (tertiary/aromatic N) is 1. The molecule has 0 spiro atoms. The van der Waals surface area contributed by atoms with E-state index in [1.54, 1.807) is 18.4 Å². The first-order valence-corrected chi connectivity index (χ1v) is 14.3. The number of carbonyl (C=O) groups is 1. The van der Waals surface area contributed by atoms with Crippen molar-refractivity contribution in [2.24, 2.45) is 4.99 Å². The summed E-state index contributed by atoms with van der Waals surface area (Å²) in [4.78, 5) is 19.7. The van der Waals surface area contributed by atoms with Gasteiger partial charge in [-0.3, -0.25) is 4.79 Å². The van der Waals surface area contributed by atoms with Crippen LogP contribution < -0.4 is 14.8 Å². The van der Waals surface area contributed by atoms with Gasteiger partial charge in [0.1, 0.15) is 11.6 Å². The Labute approximate surface area is 234 Å². The van der Waals surface area contributed by atoms with Gasteiger partial charge in [0.2, 0.25) is 0 Å². The molecule has 0 aliphatic heterocycles. The fourth-order valence-corrected chi connectivity index (χ4v) is 6.16. The van der Waals surface area contributed by atoms with Crippen molar-refractivity contribution in [2.75, 3.05) is 12.4 Å². The average Bonchev–Trinajstić information content (AvgIpc) is 3.27. The normalized spacial score (nSPS) is 13.4. The maximum Gasteiger partial charge on any atom is 0.259 e. The number of carbonyl (C=O) groups excluding carboxylic acids is 1. The van der Waals surface area contributed by atoms with Crippen molar-refractivity contribution in [1.82, 2.24) is 0 Å². The second-order valence-electron chi connectivity index (χ2n) is 9.86. The Kier molecular flexibility index (Phi) is 8.74. The molecule has 0 radical (unpaired) electrons. The molecule has 1 aromatic heterocycles. The van der Waals surface area contributed by atoms with Crippen LogP contribution >= 0.6 is 11.3 Å². The van der Waals surface area contributed by atoms with Crippen molar-refractivity contribution in [2.45, 2.75) is 52.1 Å². The second-order valence-corrected chi connectivity index (χ2v) is 10.9. The maximum absolute atomic E-state index is 13.5. The van der Waals surface area contributed by atoms with Crippen molar-refractivity contribution in [3.8, 4) is 11.5 Å². The molecule has 3 aromatic carbocycles. The number of methoxy groups -OCH3 is 1. The number of thiophene rings is 1. The molecule has 1 N–H and O–H groups in total. The SMILES string of the molecule is COc1cc(C=Nc2sc3c(c2C(=O)Nc2ccccc2)CCCCCC3)ccc1OCc1cccc(C)c1. The summed E-state index contributed by atoms with van der Waals surface area (Å²) < 4.78 is 11.7. The van der Waals surface area contributed by atoms with Gasteiger partial charge in [-0.05, 0) is 79.6 Å². The molecule has 1 heterocycles. The summed E-state index contributed by atoms with van der Waals surface area (Å²) in [6.45, 7) is 2.54. The van der Waals surface area contributed by atoms with Crippen molar-refractivity contribution < 1.29 is 14.3 Å². The Bertz CT molecular complexity index is 1460. The third-order valence-corrected chi connectivity index (χ3v) is 8.11. The standard InChI is InChI=1S/C33H34N2O3S/c1-23-11-10-12-25(19-23)22-38-28-18-17-24(20-29(28)37-2)21-34-33-31(32(36)35-26-13-6-5-7-14-26)27-15-8-3-4-9-16-30(27)39-33/h5-7,10-14,17-21H,3-4,8-9,15-16,22H2,1-2H3,(H,35,36). The lowest BCUT2D eigenvalue weighted by Gasteiger charge is -2.12. The van der Waals surface area contributed by atoms with E-state index < -0.39 is 0 Å². The van der Waals surface area contributed by atoms with Gasteiger partial charge in [0.25, 0.3) is 5.91 Å². The number of rotatable bonds is 8. The van der Waals surface area contributed by atoms with Crippen LogP contribution in [0.1, 0.15) is 63.2 Å². The van der Waals surface area contributed by atoms with Gasteiger partial charge in [0, 0.05) is 16.8 Å². The van der Waals surface area contributed by atoms with Crippen LogP contribution in [0.3, 0.4) is 0 Å². The first-order chi connectivity index (χ1) is 19.1. The summed E-state index contributed by atoms with van der Waals surface area (Å²) in [5.41, 5.74) is 5.85. The summed E-state index contributed by atoms with van der Waals surface area (Å²) >= 11 is 1.65. The minimum Gasteiger partial charge on any atom is -0.493 e.